The van der Waals surface area contributed by atoms with Crippen LogP contribution < -0.4 is 0 Å². The first-order chi connectivity index (χ1) is 12.5. The first-order valence-corrected chi connectivity index (χ1v) is 11.8. The van der Waals surface area contributed by atoms with E-state index in [0.717, 1.165) is 0 Å². The Labute approximate surface area is 157 Å². The van der Waals surface area contributed by atoms with Crippen LogP contribution in [0.25, 0.3) is 0 Å². The minimum Gasteiger partial charge on any atom is -0.304 e. The fourth-order valence-electron chi connectivity index (χ4n) is 1.94. The Balaban J connectivity index is 3.59. The quantitative estimate of drug-likeness (QED) is 0.381. The maximum atomic E-state index is 14.0. The third-order valence-corrected chi connectivity index (χ3v) is 10.6. The molecule has 1 aliphatic rings. The van der Waals surface area contributed by atoms with Crippen molar-refractivity contribution in [1.29, 1.82) is 0 Å². The summed E-state index contributed by atoms with van der Waals surface area (Å²) < 4.78 is 186. The van der Waals surface area contributed by atoms with Crippen molar-refractivity contribution in [3.63, 3.8) is 0 Å². The molecule has 0 aliphatic carbocycles. The van der Waals surface area contributed by atoms with E-state index in [1.807, 2.05) is 0 Å². The fourth-order valence-corrected chi connectivity index (χ4v) is 6.28. The number of hydrogen-bond acceptors (Lipinski definition) is 7. The number of piperazine rings is 1. The van der Waals surface area contributed by atoms with E-state index in [1.165, 1.54) is 11.9 Å². The van der Waals surface area contributed by atoms with Crippen LogP contribution in [0.4, 0.5) is 39.5 Å². The molecule has 0 aromatic heterocycles. The molecule has 1 rings (SSSR count). The van der Waals surface area contributed by atoms with E-state index in [1.54, 1.807) is 0 Å². The van der Waals surface area contributed by atoms with E-state index in [-0.39, 0.29) is 13.1 Å². The van der Waals surface area contributed by atoms with E-state index >= 15 is 0 Å². The number of sulfonamides is 1. The van der Waals surface area contributed by atoms with Crippen LogP contribution in [-0.4, -0.2) is 89.6 Å². The highest BCUT2D eigenvalue weighted by Gasteiger charge is 2.85. The van der Waals surface area contributed by atoms with Gasteiger partial charge in [0.2, 0.25) is 0 Å². The van der Waals surface area contributed by atoms with Crippen LogP contribution in [-0.2, 0) is 27.8 Å². The summed E-state index contributed by atoms with van der Waals surface area (Å²) in [6.45, 7) is -2.52. The molecule has 0 aromatic carbocycles. The Kier molecular flexibility index (Phi) is 6.40. The first kappa shape index (κ1) is 26.2. The topological polar surface area (TPSA) is 109 Å². The summed E-state index contributed by atoms with van der Waals surface area (Å²) in [5.41, 5.74) is -7.09. The smallest absolute Gasteiger partial charge is 0.304 e. The zero-order chi connectivity index (χ0) is 23.5. The molecule has 0 atom stereocenters. The van der Waals surface area contributed by atoms with Crippen LogP contribution in [0, 0.1) is 0 Å². The summed E-state index contributed by atoms with van der Waals surface area (Å²) in [6.07, 6.45) is 0. The number of rotatable bonds is 6. The van der Waals surface area contributed by atoms with Crippen molar-refractivity contribution in [2.45, 2.75) is 21.9 Å². The third-order valence-electron chi connectivity index (χ3n) is 3.74. The fraction of sp³-hybridized carbons (Fsp3) is 1.00. The monoisotopic (exact) mass is 510 g/mol. The van der Waals surface area contributed by atoms with Gasteiger partial charge in [-0.2, -0.15) is 43.8 Å². The second kappa shape index (κ2) is 7.09. The molecule has 0 radical (unpaired) electrons. The maximum Gasteiger partial charge on any atom is 0.512 e. The largest absolute Gasteiger partial charge is 0.512 e. The van der Waals surface area contributed by atoms with Gasteiger partial charge in [-0.05, 0) is 7.05 Å². The van der Waals surface area contributed by atoms with Crippen LogP contribution in [0.15, 0.2) is 0 Å². The Morgan fingerprint density at radius 2 is 1.00 bits per heavy atom. The summed E-state index contributed by atoms with van der Waals surface area (Å²) in [5, 5.41) is -14.7. The van der Waals surface area contributed by atoms with E-state index in [9.17, 15) is 64.8 Å². The van der Waals surface area contributed by atoms with Gasteiger partial charge in [0.05, 0.1) is 0 Å². The lowest BCUT2D eigenvalue weighted by molar-refractivity contribution is -0.244. The molecule has 20 heteroatoms. The summed E-state index contributed by atoms with van der Waals surface area (Å²) >= 11 is 0. The van der Waals surface area contributed by atoms with Gasteiger partial charge in [0.25, 0.3) is 10.0 Å². The zero-order valence-corrected chi connectivity index (χ0v) is 16.2. The number of likely N-dealkylation sites (N-methyl/N-ethyl adjacent to an activating group) is 1. The highest BCUT2D eigenvalue weighted by Crippen LogP contribution is 2.53. The van der Waals surface area contributed by atoms with E-state index in [4.69, 9.17) is 0 Å². The summed E-state index contributed by atoms with van der Waals surface area (Å²) in [6, 6.07) is 0. The van der Waals surface area contributed by atoms with Gasteiger partial charge in [-0.25, -0.2) is 25.3 Å². The first-order valence-electron chi connectivity index (χ1n) is 6.87. The number of hydrogen-bond donors (Lipinski definition) is 0. The van der Waals surface area contributed by atoms with E-state index in [2.05, 4.69) is 0 Å². The molecule has 1 aliphatic heterocycles. The molecule has 0 aromatic rings. The molecule has 1 heterocycles. The van der Waals surface area contributed by atoms with E-state index in [0.29, 0.717) is 0 Å². The minimum atomic E-state index is -8.44. The number of nitrogens with zero attached hydrogens (tertiary/aromatic N) is 2. The summed E-state index contributed by atoms with van der Waals surface area (Å²) in [5.74, 6) is -7.60. The lowest BCUT2D eigenvalue weighted by atomic mass is 10.3. The van der Waals surface area contributed by atoms with Crippen molar-refractivity contribution in [2.75, 3.05) is 33.2 Å². The molecule has 174 valence electrons. The summed E-state index contributed by atoms with van der Waals surface area (Å²) in [4.78, 5) is 1.32. The van der Waals surface area contributed by atoms with Crippen molar-refractivity contribution in [3.05, 3.63) is 0 Å². The van der Waals surface area contributed by atoms with Crippen molar-refractivity contribution in [3.8, 4) is 0 Å². The van der Waals surface area contributed by atoms with Gasteiger partial charge in [-0.1, -0.05) is 0 Å². The van der Waals surface area contributed by atoms with Gasteiger partial charge in [0, 0.05) is 26.2 Å². The van der Waals surface area contributed by atoms with E-state index < -0.39 is 67.1 Å². The van der Waals surface area contributed by atoms with Crippen LogP contribution in [0.1, 0.15) is 0 Å². The summed E-state index contributed by atoms with van der Waals surface area (Å²) in [7, 11) is -22.0. The molecule has 1 saturated heterocycles. The lowest BCUT2D eigenvalue weighted by Crippen LogP contribution is -2.65. The normalized spacial score (nSPS) is 20.1. The molecule has 0 N–H and O–H groups in total. The van der Waals surface area contributed by atoms with Gasteiger partial charge in [-0.3, -0.25) is 0 Å². The number of halogens is 9. The average molecular weight is 510 g/mol. The molecular formula is C9H11F9N2O6S3. The van der Waals surface area contributed by atoms with Crippen molar-refractivity contribution >= 4 is 27.8 Å². The second-order valence-electron chi connectivity index (χ2n) is 5.67. The van der Waals surface area contributed by atoms with Crippen LogP contribution in [0.2, 0.25) is 0 Å². The average Bonchev–Trinajstić information content (AvgIpc) is 2.53. The van der Waals surface area contributed by atoms with Gasteiger partial charge in [0.1, 0.15) is 0 Å². The van der Waals surface area contributed by atoms with Gasteiger partial charge in [0.15, 0.2) is 0 Å². The molecule has 1 fully saturated rings. The Morgan fingerprint density at radius 1 is 0.621 bits per heavy atom. The SMILES string of the molecule is CN1CCN(S(=O)(=O)C(F)(F)C(F)(F)C(F)(F)S(=O)(=O)S(=O)(=O)C(F)(F)F)CC1. The predicted molar refractivity (Wildman–Crippen MR) is 76.7 cm³/mol. The zero-order valence-electron chi connectivity index (χ0n) is 13.8. The predicted octanol–water partition coefficient (Wildman–Crippen LogP) is 0.649. The molecule has 0 saturated carbocycles. The highest BCUT2D eigenvalue weighted by atomic mass is 33.2. The second-order valence-corrected chi connectivity index (χ2v) is 13.1. The number of alkyl halides is 9. The van der Waals surface area contributed by atoms with Gasteiger partial charge in [-0.15, -0.1) is 0 Å². The molecule has 0 unspecified atom stereocenters. The molecule has 29 heavy (non-hydrogen) atoms. The third kappa shape index (κ3) is 3.59. The molecule has 0 amide bonds. The minimum absolute atomic E-state index is 0.335. The van der Waals surface area contributed by atoms with Gasteiger partial charge < -0.3 is 4.90 Å². The molecule has 0 bridgehead atoms. The van der Waals surface area contributed by atoms with Gasteiger partial charge >= 0.3 is 39.7 Å². The maximum absolute atomic E-state index is 14.0. The van der Waals surface area contributed by atoms with Crippen molar-refractivity contribution in [1.82, 2.24) is 9.21 Å². The Hall–Kier alpha value is -0.860. The van der Waals surface area contributed by atoms with Crippen LogP contribution >= 0.6 is 0 Å². The van der Waals surface area contributed by atoms with Crippen molar-refractivity contribution in [2.24, 2.45) is 0 Å². The standard InChI is InChI=1S/C9H11F9N2O6S3/c1-19-2-4-20(5-3-19)27(21,22)7(12,13)6(10,11)8(14,15)28(23,24)29(25,26)9(16,17)18/h2-5H2,1H3. The van der Waals surface area contributed by atoms with Crippen LogP contribution in [0.3, 0.4) is 0 Å². The van der Waals surface area contributed by atoms with Crippen LogP contribution in [0.5, 0.6) is 0 Å². The lowest BCUT2D eigenvalue weighted by Gasteiger charge is -2.37. The Morgan fingerprint density at radius 3 is 1.34 bits per heavy atom. The highest BCUT2D eigenvalue weighted by molar-refractivity contribution is 8.67. The molecule has 0 spiro atoms. The molecule has 8 nitrogen and oxygen atoms in total. The molecular weight excluding hydrogens is 499 g/mol. The van der Waals surface area contributed by atoms with Crippen molar-refractivity contribution < 1.29 is 64.8 Å². The Bertz CT molecular complexity index is 950.